The Kier molecular flexibility index (Phi) is 6.50. The number of benzene rings is 2. The molecule has 1 aliphatic heterocycles. The zero-order valence-corrected chi connectivity index (χ0v) is 15.9. The quantitative estimate of drug-likeness (QED) is 0.415. The number of nitro benzene ring substituents is 1. The fourth-order valence-electron chi connectivity index (χ4n) is 2.68. The molecule has 2 aromatic carbocycles. The molecule has 2 aromatic rings. The molecule has 0 bridgehead atoms. The first-order valence-electron chi connectivity index (χ1n) is 8.70. The van der Waals surface area contributed by atoms with Crippen LogP contribution in [0.15, 0.2) is 36.4 Å². The van der Waals surface area contributed by atoms with Crippen molar-refractivity contribution in [3.05, 3.63) is 62.7 Å². The minimum Gasteiger partial charge on any atom is -0.486 e. The first kappa shape index (κ1) is 20.4. The normalized spacial score (nSPS) is 12.2. The Bertz CT molecular complexity index is 948. The van der Waals surface area contributed by atoms with Crippen molar-refractivity contribution in [2.75, 3.05) is 26.4 Å². The Balaban J connectivity index is 1.47. The molecule has 0 saturated heterocycles. The van der Waals surface area contributed by atoms with Crippen molar-refractivity contribution in [3.63, 3.8) is 0 Å². The number of hydrogen-bond donors (Lipinski definition) is 1. The molecular weight excluding hydrogens is 404 g/mol. The van der Waals surface area contributed by atoms with Gasteiger partial charge in [-0.25, -0.2) is 4.79 Å². The number of nitrogens with zero attached hydrogens (tertiary/aromatic N) is 1. The number of fused-ring (bicyclic) bond motifs is 1. The van der Waals surface area contributed by atoms with Gasteiger partial charge in [0.15, 0.2) is 18.1 Å². The van der Waals surface area contributed by atoms with Gasteiger partial charge in [-0.3, -0.25) is 14.9 Å². The summed E-state index contributed by atoms with van der Waals surface area (Å²) in [7, 11) is 0. The van der Waals surface area contributed by atoms with Crippen molar-refractivity contribution in [3.8, 4) is 11.5 Å². The third kappa shape index (κ3) is 5.35. The molecule has 10 heteroatoms. The molecule has 0 aliphatic carbocycles. The van der Waals surface area contributed by atoms with Crippen molar-refractivity contribution in [1.82, 2.24) is 5.32 Å². The largest absolute Gasteiger partial charge is 0.486 e. The third-order valence-electron chi connectivity index (χ3n) is 4.05. The van der Waals surface area contributed by atoms with E-state index in [0.29, 0.717) is 37.7 Å². The van der Waals surface area contributed by atoms with Crippen molar-refractivity contribution in [2.24, 2.45) is 0 Å². The Morgan fingerprint density at radius 1 is 1.14 bits per heavy atom. The molecule has 29 heavy (non-hydrogen) atoms. The highest BCUT2D eigenvalue weighted by Crippen LogP contribution is 2.30. The molecule has 1 heterocycles. The van der Waals surface area contributed by atoms with Gasteiger partial charge in [0.05, 0.1) is 4.92 Å². The van der Waals surface area contributed by atoms with Gasteiger partial charge in [-0.15, -0.1) is 0 Å². The fourth-order valence-corrected chi connectivity index (χ4v) is 2.84. The Hall–Kier alpha value is -3.33. The molecule has 3 rings (SSSR count). The molecule has 0 aromatic heterocycles. The maximum atomic E-state index is 12.0. The molecule has 0 unspecified atom stereocenters. The average Bonchev–Trinajstić information content (AvgIpc) is 2.71. The van der Waals surface area contributed by atoms with Crippen LogP contribution in [0.3, 0.4) is 0 Å². The molecular formula is C19H17ClN2O7. The number of esters is 1. The molecule has 152 valence electrons. The van der Waals surface area contributed by atoms with E-state index in [0.717, 1.165) is 11.6 Å². The van der Waals surface area contributed by atoms with E-state index >= 15 is 0 Å². The van der Waals surface area contributed by atoms with E-state index in [2.05, 4.69) is 5.32 Å². The number of carbonyl (C=O) groups excluding carboxylic acids is 2. The van der Waals surface area contributed by atoms with Crippen LogP contribution >= 0.6 is 11.6 Å². The summed E-state index contributed by atoms with van der Waals surface area (Å²) in [5.41, 5.74) is 0.188. The average molecular weight is 421 g/mol. The highest BCUT2D eigenvalue weighted by Gasteiger charge is 2.22. The van der Waals surface area contributed by atoms with Gasteiger partial charge in [0.2, 0.25) is 0 Å². The van der Waals surface area contributed by atoms with Gasteiger partial charge in [0.25, 0.3) is 11.6 Å². The van der Waals surface area contributed by atoms with Gasteiger partial charge < -0.3 is 19.5 Å². The summed E-state index contributed by atoms with van der Waals surface area (Å²) < 4.78 is 15.8. The predicted octanol–water partition coefficient (Wildman–Crippen LogP) is 2.54. The fraction of sp³-hybridized carbons (Fsp3) is 0.263. The van der Waals surface area contributed by atoms with E-state index in [-0.39, 0.29) is 10.6 Å². The summed E-state index contributed by atoms with van der Waals surface area (Å²) in [6.07, 6.45) is 0.541. The van der Waals surface area contributed by atoms with E-state index in [4.69, 9.17) is 25.8 Å². The zero-order chi connectivity index (χ0) is 20.8. The van der Waals surface area contributed by atoms with Crippen molar-refractivity contribution in [1.29, 1.82) is 0 Å². The summed E-state index contributed by atoms with van der Waals surface area (Å²) in [6, 6.07) is 9.10. The Morgan fingerprint density at radius 2 is 1.90 bits per heavy atom. The van der Waals surface area contributed by atoms with Gasteiger partial charge in [0, 0.05) is 17.6 Å². The number of nitrogens with one attached hydrogen (secondary N) is 1. The maximum Gasteiger partial charge on any atom is 0.345 e. The van der Waals surface area contributed by atoms with Crippen molar-refractivity contribution in [2.45, 2.75) is 6.42 Å². The number of nitro groups is 1. The Morgan fingerprint density at radius 3 is 2.66 bits per heavy atom. The van der Waals surface area contributed by atoms with Gasteiger partial charge in [-0.05, 0) is 36.2 Å². The number of hydrogen-bond acceptors (Lipinski definition) is 7. The minimum absolute atomic E-state index is 0.116. The lowest BCUT2D eigenvalue weighted by molar-refractivity contribution is -0.385. The SMILES string of the molecule is O=C(COC(=O)c1ccc(Cl)cc1[N+](=O)[O-])NCCc1ccc2c(c1)OCCO2. The molecule has 1 aliphatic rings. The topological polar surface area (TPSA) is 117 Å². The van der Waals surface area contributed by atoms with Crippen LogP contribution in [0.4, 0.5) is 5.69 Å². The van der Waals surface area contributed by atoms with E-state index in [1.165, 1.54) is 12.1 Å². The lowest BCUT2D eigenvalue weighted by Crippen LogP contribution is -2.30. The number of rotatable bonds is 7. The first-order chi connectivity index (χ1) is 13.9. The van der Waals surface area contributed by atoms with Crippen molar-refractivity contribution < 1.29 is 28.7 Å². The molecule has 0 saturated carbocycles. The van der Waals surface area contributed by atoms with Crippen LogP contribution in [0, 0.1) is 10.1 Å². The molecule has 9 nitrogen and oxygen atoms in total. The lowest BCUT2D eigenvalue weighted by Gasteiger charge is -2.18. The van der Waals surface area contributed by atoms with Crippen LogP contribution in [0.25, 0.3) is 0 Å². The summed E-state index contributed by atoms with van der Waals surface area (Å²) in [4.78, 5) is 34.2. The van der Waals surface area contributed by atoms with Crippen LogP contribution in [-0.2, 0) is 16.0 Å². The lowest BCUT2D eigenvalue weighted by atomic mass is 10.1. The highest BCUT2D eigenvalue weighted by molar-refractivity contribution is 6.31. The maximum absolute atomic E-state index is 12.0. The summed E-state index contributed by atoms with van der Waals surface area (Å²) in [6.45, 7) is 0.765. The standard InChI is InChI=1S/C19H17ClN2O7/c20-13-2-3-14(15(10-13)22(25)26)19(24)29-11-18(23)21-6-5-12-1-4-16-17(9-12)28-8-7-27-16/h1-4,9-10H,5-8,11H2,(H,21,23). The monoisotopic (exact) mass is 420 g/mol. The van der Waals surface area contributed by atoms with Crippen LogP contribution in [0.5, 0.6) is 11.5 Å². The predicted molar refractivity (Wildman–Crippen MR) is 103 cm³/mol. The summed E-state index contributed by atoms with van der Waals surface area (Å²) in [5, 5.41) is 13.8. The summed E-state index contributed by atoms with van der Waals surface area (Å²) in [5.74, 6) is -0.145. The number of carbonyl (C=O) groups is 2. The van der Waals surface area contributed by atoms with E-state index < -0.39 is 29.1 Å². The van der Waals surface area contributed by atoms with E-state index in [1.807, 2.05) is 18.2 Å². The van der Waals surface area contributed by atoms with Gasteiger partial charge in [-0.2, -0.15) is 0 Å². The van der Waals surface area contributed by atoms with E-state index in [1.54, 1.807) is 0 Å². The number of halogens is 1. The highest BCUT2D eigenvalue weighted by atomic mass is 35.5. The van der Waals surface area contributed by atoms with Crippen LogP contribution < -0.4 is 14.8 Å². The van der Waals surface area contributed by atoms with Gasteiger partial charge >= 0.3 is 5.97 Å². The van der Waals surface area contributed by atoms with Gasteiger partial charge in [-0.1, -0.05) is 17.7 Å². The first-order valence-corrected chi connectivity index (χ1v) is 9.08. The summed E-state index contributed by atoms with van der Waals surface area (Å²) >= 11 is 5.70. The van der Waals surface area contributed by atoms with Crippen LogP contribution in [0.2, 0.25) is 5.02 Å². The molecule has 0 atom stereocenters. The minimum atomic E-state index is -0.977. The van der Waals surface area contributed by atoms with E-state index in [9.17, 15) is 19.7 Å². The van der Waals surface area contributed by atoms with Crippen molar-refractivity contribution >= 4 is 29.2 Å². The molecule has 0 spiro atoms. The number of ether oxygens (including phenoxy) is 3. The smallest absolute Gasteiger partial charge is 0.345 e. The van der Waals surface area contributed by atoms with Crippen LogP contribution in [-0.4, -0.2) is 43.2 Å². The zero-order valence-electron chi connectivity index (χ0n) is 15.2. The second-order valence-electron chi connectivity index (χ2n) is 6.07. The number of amides is 1. The Labute approximate surface area is 170 Å². The molecule has 0 radical (unpaired) electrons. The molecule has 0 fully saturated rings. The molecule has 1 amide bonds. The second-order valence-corrected chi connectivity index (χ2v) is 6.51. The van der Waals surface area contributed by atoms with Gasteiger partial charge in [0.1, 0.15) is 18.8 Å². The van der Waals surface area contributed by atoms with Crippen LogP contribution in [0.1, 0.15) is 15.9 Å². The third-order valence-corrected chi connectivity index (χ3v) is 4.29. The second kappa shape index (κ2) is 9.24. The molecule has 1 N–H and O–H groups in total.